The first kappa shape index (κ1) is 39.0. The Morgan fingerprint density at radius 1 is 1.02 bits per heavy atom. The van der Waals surface area contributed by atoms with E-state index in [1.54, 1.807) is 50.2 Å². The number of sulfonamides is 1. The van der Waals surface area contributed by atoms with Gasteiger partial charge in [0.05, 0.1) is 50.4 Å². The molecule has 1 amide bonds. The van der Waals surface area contributed by atoms with Crippen LogP contribution < -0.4 is 20.5 Å². The molecule has 2 saturated heterocycles. The molecule has 0 saturated carbocycles. The fourth-order valence-corrected chi connectivity index (χ4v) is 8.71. The number of rotatable bonds is 19. The molecule has 49 heavy (non-hydrogen) atoms. The van der Waals surface area contributed by atoms with Crippen LogP contribution in [0.25, 0.3) is 0 Å². The van der Waals surface area contributed by atoms with Gasteiger partial charge in [-0.1, -0.05) is 26.0 Å². The number of nitrogens with zero attached hydrogens (tertiary/aromatic N) is 1. The normalized spacial score (nSPS) is 20.6. The molecule has 274 valence electrons. The summed E-state index contributed by atoms with van der Waals surface area (Å²) in [6.45, 7) is 8.62. The lowest BCUT2D eigenvalue weighted by atomic mass is 9.99. The van der Waals surface area contributed by atoms with Crippen LogP contribution >= 0.6 is 7.60 Å². The molecule has 2 fully saturated rings. The van der Waals surface area contributed by atoms with Crippen molar-refractivity contribution in [1.29, 1.82) is 0 Å². The van der Waals surface area contributed by atoms with Crippen LogP contribution in [0.15, 0.2) is 53.4 Å². The van der Waals surface area contributed by atoms with Gasteiger partial charge in [0.1, 0.15) is 17.6 Å². The smallest absolute Gasteiger partial charge is 0.407 e. The van der Waals surface area contributed by atoms with Gasteiger partial charge >= 0.3 is 13.7 Å². The van der Waals surface area contributed by atoms with E-state index in [-0.39, 0.29) is 68.7 Å². The van der Waals surface area contributed by atoms with Gasteiger partial charge < -0.3 is 43.8 Å². The monoisotopic (exact) mass is 727 g/mol. The van der Waals surface area contributed by atoms with Gasteiger partial charge in [0.2, 0.25) is 10.0 Å². The summed E-state index contributed by atoms with van der Waals surface area (Å²) in [7, 11) is -5.85. The second-order valence-corrected chi connectivity index (χ2v) is 16.3. The van der Waals surface area contributed by atoms with E-state index in [9.17, 15) is 17.8 Å². The number of hydrogen-bond donors (Lipinski definition) is 2. The van der Waals surface area contributed by atoms with Crippen molar-refractivity contribution in [2.75, 3.05) is 53.0 Å². The zero-order chi connectivity index (χ0) is 35.6. The summed E-state index contributed by atoms with van der Waals surface area (Å²) in [5.74, 6) is 0.919. The van der Waals surface area contributed by atoms with E-state index < -0.39 is 41.9 Å². The average molecular weight is 728 g/mol. The zero-order valence-electron chi connectivity index (χ0n) is 28.8. The fourth-order valence-electron chi connectivity index (χ4n) is 5.75. The van der Waals surface area contributed by atoms with Crippen LogP contribution in [0.1, 0.15) is 39.7 Å². The van der Waals surface area contributed by atoms with Crippen molar-refractivity contribution >= 4 is 23.7 Å². The molecule has 2 aromatic carbocycles. The van der Waals surface area contributed by atoms with Crippen LogP contribution in [0.5, 0.6) is 11.5 Å². The lowest BCUT2D eigenvalue weighted by Crippen LogP contribution is -2.55. The van der Waals surface area contributed by atoms with Crippen LogP contribution in [0.3, 0.4) is 0 Å². The van der Waals surface area contributed by atoms with Crippen LogP contribution in [-0.2, 0) is 44.3 Å². The van der Waals surface area contributed by atoms with Crippen molar-refractivity contribution < 1.29 is 50.5 Å². The van der Waals surface area contributed by atoms with Crippen molar-refractivity contribution in [3.8, 4) is 11.5 Å². The van der Waals surface area contributed by atoms with Gasteiger partial charge in [-0.15, -0.1) is 0 Å². The van der Waals surface area contributed by atoms with Crippen molar-refractivity contribution in [1.82, 2.24) is 9.62 Å². The molecule has 0 aromatic heterocycles. The van der Waals surface area contributed by atoms with Crippen molar-refractivity contribution in [3.05, 3.63) is 54.1 Å². The van der Waals surface area contributed by atoms with Gasteiger partial charge in [0.25, 0.3) is 0 Å². The maximum absolute atomic E-state index is 13.8. The van der Waals surface area contributed by atoms with Gasteiger partial charge in [0, 0.05) is 19.1 Å². The minimum absolute atomic E-state index is 0.00570. The molecular formula is C33H50N3O11PS. The lowest BCUT2D eigenvalue weighted by Gasteiger charge is -2.31. The number of amides is 1. The number of carbonyl (C=O) groups excluding carboxylic acids is 1. The Morgan fingerprint density at radius 3 is 2.29 bits per heavy atom. The van der Waals surface area contributed by atoms with Gasteiger partial charge in [-0.25, -0.2) is 13.2 Å². The Morgan fingerprint density at radius 2 is 1.67 bits per heavy atom. The minimum atomic E-state index is -3.95. The first-order chi connectivity index (χ1) is 23.4. The second kappa shape index (κ2) is 18.0. The van der Waals surface area contributed by atoms with E-state index in [1.807, 2.05) is 13.8 Å². The summed E-state index contributed by atoms with van der Waals surface area (Å²) < 4.78 is 80.3. The molecule has 2 heterocycles. The maximum atomic E-state index is 13.8. The highest BCUT2D eigenvalue weighted by molar-refractivity contribution is 7.89. The van der Waals surface area contributed by atoms with E-state index in [1.165, 1.54) is 23.5 Å². The van der Waals surface area contributed by atoms with Crippen LogP contribution in [0.2, 0.25) is 0 Å². The number of ether oxygens (including phenoxy) is 5. The Balaban J connectivity index is 1.52. The van der Waals surface area contributed by atoms with E-state index in [0.29, 0.717) is 18.1 Å². The molecule has 2 aromatic rings. The van der Waals surface area contributed by atoms with Crippen LogP contribution in [-0.4, -0.2) is 96.3 Å². The lowest BCUT2D eigenvalue weighted by molar-refractivity contribution is -0.0907. The Bertz CT molecular complexity index is 1480. The molecule has 0 aliphatic carbocycles. The molecule has 0 unspecified atom stereocenters. The molecule has 2 aliphatic heterocycles. The Labute approximate surface area is 289 Å². The highest BCUT2D eigenvalue weighted by Gasteiger charge is 2.44. The first-order valence-electron chi connectivity index (χ1n) is 16.6. The topological polar surface area (TPSA) is 174 Å². The quantitative estimate of drug-likeness (QED) is 0.196. The van der Waals surface area contributed by atoms with Gasteiger partial charge in [-0.2, -0.15) is 4.31 Å². The number of nitrogens with one attached hydrogen (secondary N) is 1. The number of alkyl carbamates (subject to hydrolysis) is 1. The van der Waals surface area contributed by atoms with Crippen LogP contribution in [0.4, 0.5) is 4.79 Å². The third-order valence-corrected chi connectivity index (χ3v) is 11.8. The number of benzene rings is 2. The number of carbonyl (C=O) groups is 1. The Kier molecular flexibility index (Phi) is 14.3. The third kappa shape index (κ3) is 10.9. The van der Waals surface area contributed by atoms with E-state index in [2.05, 4.69) is 5.32 Å². The summed E-state index contributed by atoms with van der Waals surface area (Å²) >= 11 is 0. The molecule has 0 bridgehead atoms. The number of methoxy groups -OCH3 is 1. The molecule has 16 heteroatoms. The van der Waals surface area contributed by atoms with Crippen molar-refractivity contribution in [3.63, 3.8) is 0 Å². The van der Waals surface area contributed by atoms with Gasteiger partial charge in [-0.05, 0) is 74.6 Å². The Hall–Kier alpha value is -2.75. The summed E-state index contributed by atoms with van der Waals surface area (Å²) in [6, 6.07) is 11.6. The largest absolute Gasteiger partial charge is 0.497 e. The predicted molar refractivity (Wildman–Crippen MR) is 182 cm³/mol. The SMILES string of the molecule is CCOP(=O)(COc1ccc(C[C@H](NC(=O)O[C@H]2CO[C@H]3OCC[C@H]32)[C@@H](N)CN(CC(C)C)S(=O)(=O)c2ccc(OC)cc2)cc1)OCC. The predicted octanol–water partition coefficient (Wildman–Crippen LogP) is 4.37. The van der Waals surface area contributed by atoms with Crippen molar-refractivity contribution in [2.24, 2.45) is 17.6 Å². The maximum Gasteiger partial charge on any atom is 0.407 e. The third-order valence-electron chi connectivity index (χ3n) is 8.16. The van der Waals surface area contributed by atoms with E-state index in [0.717, 1.165) is 12.0 Å². The molecule has 2 aliphatic rings. The molecule has 14 nitrogen and oxygen atoms in total. The first-order valence-corrected chi connectivity index (χ1v) is 19.7. The molecule has 5 atom stereocenters. The standard InChI is InChI=1S/C33H50N3O11PS/c1-6-45-48(38,46-7-2)22-44-26-10-8-24(9-11-26)18-30(35-33(37)47-31-21-43-32-28(31)16-17-42-32)29(34)20-36(19-23(3)4)49(39,40)27-14-12-25(41-5)13-15-27/h8-15,23,28-32H,6-7,16-22,34H2,1-5H3,(H,35,37)/t28-,29-,30-,31-,32+/m0/s1. The van der Waals surface area contributed by atoms with Crippen LogP contribution in [0, 0.1) is 11.8 Å². The van der Waals surface area contributed by atoms with Crippen molar-refractivity contribution in [2.45, 2.75) is 69.9 Å². The summed E-state index contributed by atoms with van der Waals surface area (Å²) in [5, 5.41) is 2.90. The molecule has 0 radical (unpaired) electrons. The van der Waals surface area contributed by atoms with Gasteiger partial charge in [-0.3, -0.25) is 4.57 Å². The number of hydrogen-bond acceptors (Lipinski definition) is 12. The summed E-state index contributed by atoms with van der Waals surface area (Å²) in [6.07, 6.45) is -0.823. The average Bonchev–Trinajstić information content (AvgIpc) is 3.69. The molecule has 3 N–H and O–H groups in total. The number of nitrogens with two attached hydrogens (primary N) is 1. The van der Waals surface area contributed by atoms with E-state index >= 15 is 0 Å². The molecule has 4 rings (SSSR count). The summed E-state index contributed by atoms with van der Waals surface area (Å²) in [5.41, 5.74) is 7.55. The zero-order valence-corrected chi connectivity index (χ0v) is 30.5. The summed E-state index contributed by atoms with van der Waals surface area (Å²) in [4.78, 5) is 13.4. The molecular weight excluding hydrogens is 677 g/mol. The second-order valence-electron chi connectivity index (χ2n) is 12.3. The minimum Gasteiger partial charge on any atom is -0.497 e. The fraction of sp³-hybridized carbons (Fsp3) is 0.606. The van der Waals surface area contributed by atoms with E-state index in [4.69, 9.17) is 38.5 Å². The number of fused-ring (bicyclic) bond motifs is 1. The molecule has 0 spiro atoms. The highest BCUT2D eigenvalue weighted by atomic mass is 32.2. The van der Waals surface area contributed by atoms with Gasteiger partial charge in [0.15, 0.2) is 12.6 Å². The highest BCUT2D eigenvalue weighted by Crippen LogP contribution is 2.47.